The van der Waals surface area contributed by atoms with E-state index in [1.807, 2.05) is 18.2 Å². The van der Waals surface area contributed by atoms with Gasteiger partial charge in [0.15, 0.2) is 11.5 Å². The van der Waals surface area contributed by atoms with Crippen LogP contribution >= 0.6 is 0 Å². The van der Waals surface area contributed by atoms with Gasteiger partial charge in [-0.15, -0.1) is 0 Å². The largest absolute Gasteiger partial charge is 0.486 e. The lowest BCUT2D eigenvalue weighted by Gasteiger charge is -2.19. The normalized spacial score (nSPS) is 21.6. The average molecular weight is 330 g/mol. The Labute approximate surface area is 133 Å². The van der Waals surface area contributed by atoms with Crippen molar-refractivity contribution in [3.05, 3.63) is 23.8 Å². The molecule has 23 heavy (non-hydrogen) atoms. The summed E-state index contributed by atoms with van der Waals surface area (Å²) in [6.45, 7) is 2.76. The van der Waals surface area contributed by atoms with E-state index in [1.54, 1.807) is 0 Å². The second-order valence-corrected chi connectivity index (χ2v) is 6.11. The Balaban J connectivity index is 1.42. The van der Waals surface area contributed by atoms with E-state index in [4.69, 9.17) is 9.47 Å². The molecule has 0 amide bonds. The fourth-order valence-corrected chi connectivity index (χ4v) is 3.09. The van der Waals surface area contributed by atoms with E-state index in [-0.39, 0.29) is 5.92 Å². The van der Waals surface area contributed by atoms with E-state index in [0.717, 1.165) is 30.0 Å². The summed E-state index contributed by atoms with van der Waals surface area (Å²) in [6.07, 6.45) is -3.29. The van der Waals surface area contributed by atoms with E-state index in [2.05, 4.69) is 5.32 Å². The molecular weight excluding hydrogens is 309 g/mol. The van der Waals surface area contributed by atoms with Crippen molar-refractivity contribution in [1.82, 2.24) is 10.2 Å². The molecule has 1 atom stereocenters. The summed E-state index contributed by atoms with van der Waals surface area (Å²) < 4.78 is 48.1. The first-order chi connectivity index (χ1) is 11.0. The third-order valence-corrected chi connectivity index (χ3v) is 4.14. The molecule has 3 rings (SSSR count). The molecule has 2 aliphatic rings. The maximum absolute atomic E-state index is 12.4. The van der Waals surface area contributed by atoms with Crippen molar-refractivity contribution in [3.63, 3.8) is 0 Å². The predicted molar refractivity (Wildman–Crippen MR) is 79.7 cm³/mol. The number of nitrogens with one attached hydrogen (secondary N) is 1. The van der Waals surface area contributed by atoms with Crippen LogP contribution in [0.1, 0.15) is 12.0 Å². The summed E-state index contributed by atoms with van der Waals surface area (Å²) in [5, 5.41) is 3.33. The van der Waals surface area contributed by atoms with Crippen LogP contribution in [0, 0.1) is 5.92 Å². The maximum Gasteiger partial charge on any atom is 0.401 e. The molecule has 0 radical (unpaired) electrons. The fourth-order valence-electron chi connectivity index (χ4n) is 3.09. The third kappa shape index (κ3) is 4.75. The highest BCUT2D eigenvalue weighted by Gasteiger charge is 2.34. The van der Waals surface area contributed by atoms with Crippen LogP contribution in [0.4, 0.5) is 13.2 Å². The SMILES string of the molecule is FC(F)(F)CN1CCC(CNCc2ccc3c(c2)OCCO3)C1. The summed E-state index contributed by atoms with van der Waals surface area (Å²) >= 11 is 0. The zero-order chi connectivity index (χ0) is 16.3. The number of ether oxygens (including phenoxy) is 2. The van der Waals surface area contributed by atoms with Crippen molar-refractivity contribution in [3.8, 4) is 11.5 Å². The lowest BCUT2D eigenvalue weighted by atomic mass is 10.1. The minimum atomic E-state index is -4.10. The zero-order valence-electron chi connectivity index (χ0n) is 12.9. The molecule has 2 heterocycles. The highest BCUT2D eigenvalue weighted by Crippen LogP contribution is 2.30. The average Bonchev–Trinajstić information content (AvgIpc) is 2.92. The minimum Gasteiger partial charge on any atom is -0.486 e. The Hall–Kier alpha value is -1.47. The second-order valence-electron chi connectivity index (χ2n) is 6.11. The summed E-state index contributed by atoms with van der Waals surface area (Å²) in [5.41, 5.74) is 1.08. The van der Waals surface area contributed by atoms with Gasteiger partial charge in [-0.1, -0.05) is 6.07 Å². The van der Waals surface area contributed by atoms with Crippen LogP contribution in [0.2, 0.25) is 0 Å². The quantitative estimate of drug-likeness (QED) is 0.899. The first-order valence-corrected chi connectivity index (χ1v) is 7.88. The van der Waals surface area contributed by atoms with E-state index >= 15 is 0 Å². The van der Waals surface area contributed by atoms with Crippen molar-refractivity contribution in [2.24, 2.45) is 5.92 Å². The van der Waals surface area contributed by atoms with Gasteiger partial charge in [-0.3, -0.25) is 4.90 Å². The van der Waals surface area contributed by atoms with Crippen LogP contribution in [0.25, 0.3) is 0 Å². The van der Waals surface area contributed by atoms with Crippen LogP contribution < -0.4 is 14.8 Å². The standard InChI is InChI=1S/C16H21F3N2O2/c17-16(18,19)11-21-4-3-13(10-21)9-20-8-12-1-2-14-15(7-12)23-6-5-22-14/h1-2,7,13,20H,3-6,8-11H2. The van der Waals surface area contributed by atoms with Gasteiger partial charge < -0.3 is 14.8 Å². The van der Waals surface area contributed by atoms with Gasteiger partial charge in [-0.25, -0.2) is 0 Å². The molecule has 4 nitrogen and oxygen atoms in total. The third-order valence-electron chi connectivity index (χ3n) is 4.14. The second kappa shape index (κ2) is 6.97. The van der Waals surface area contributed by atoms with E-state index in [9.17, 15) is 13.2 Å². The van der Waals surface area contributed by atoms with Crippen LogP contribution in [0.15, 0.2) is 18.2 Å². The van der Waals surface area contributed by atoms with E-state index in [1.165, 1.54) is 4.90 Å². The summed E-state index contributed by atoms with van der Waals surface area (Å²) in [7, 11) is 0. The molecule has 1 N–H and O–H groups in total. The molecule has 1 fully saturated rings. The first kappa shape index (κ1) is 16.4. The zero-order valence-corrected chi connectivity index (χ0v) is 12.9. The van der Waals surface area contributed by atoms with Crippen molar-refractivity contribution >= 4 is 0 Å². The molecule has 0 spiro atoms. The van der Waals surface area contributed by atoms with E-state index < -0.39 is 12.7 Å². The molecule has 7 heteroatoms. The Morgan fingerprint density at radius 3 is 2.74 bits per heavy atom. The number of rotatable bonds is 5. The number of halogens is 3. The smallest absolute Gasteiger partial charge is 0.401 e. The molecule has 1 unspecified atom stereocenters. The molecule has 0 saturated carbocycles. The molecule has 0 bridgehead atoms. The van der Waals surface area contributed by atoms with Crippen LogP contribution in [0.3, 0.4) is 0 Å². The molecule has 1 aromatic rings. The molecule has 1 saturated heterocycles. The lowest BCUT2D eigenvalue weighted by molar-refractivity contribution is -0.143. The van der Waals surface area contributed by atoms with Gasteiger partial charge in [-0.2, -0.15) is 13.2 Å². The van der Waals surface area contributed by atoms with Crippen molar-refractivity contribution in [1.29, 1.82) is 0 Å². The predicted octanol–water partition coefficient (Wildman–Crippen LogP) is 2.43. The number of alkyl halides is 3. The van der Waals surface area contributed by atoms with Gasteiger partial charge in [-0.05, 0) is 43.1 Å². The topological polar surface area (TPSA) is 33.7 Å². The molecular formula is C16H21F3N2O2. The first-order valence-electron chi connectivity index (χ1n) is 7.88. The monoisotopic (exact) mass is 330 g/mol. The number of hydrogen-bond donors (Lipinski definition) is 1. The molecule has 128 valence electrons. The molecule has 1 aromatic carbocycles. The highest BCUT2D eigenvalue weighted by atomic mass is 19.4. The van der Waals surface area contributed by atoms with E-state index in [0.29, 0.717) is 32.8 Å². The van der Waals surface area contributed by atoms with Crippen molar-refractivity contribution in [2.75, 3.05) is 39.4 Å². The van der Waals surface area contributed by atoms with Crippen molar-refractivity contribution in [2.45, 2.75) is 19.1 Å². The summed E-state index contributed by atoms with van der Waals surface area (Å²) in [5.74, 6) is 1.79. The number of likely N-dealkylation sites (tertiary alicyclic amines) is 1. The number of nitrogens with zero attached hydrogens (tertiary/aromatic N) is 1. The van der Waals surface area contributed by atoms with Gasteiger partial charge in [0.2, 0.25) is 0 Å². The highest BCUT2D eigenvalue weighted by molar-refractivity contribution is 5.43. The minimum absolute atomic E-state index is 0.273. The Morgan fingerprint density at radius 1 is 1.17 bits per heavy atom. The summed E-state index contributed by atoms with van der Waals surface area (Å²) in [4.78, 5) is 1.48. The van der Waals surface area contributed by atoms with Crippen LogP contribution in [-0.2, 0) is 6.54 Å². The fraction of sp³-hybridized carbons (Fsp3) is 0.625. The van der Waals surface area contributed by atoms with Gasteiger partial charge in [0.25, 0.3) is 0 Å². The van der Waals surface area contributed by atoms with Crippen LogP contribution in [0.5, 0.6) is 11.5 Å². The molecule has 2 aliphatic heterocycles. The van der Waals surface area contributed by atoms with Crippen LogP contribution in [-0.4, -0.2) is 50.5 Å². The van der Waals surface area contributed by atoms with Gasteiger partial charge in [0.05, 0.1) is 6.54 Å². The number of benzene rings is 1. The number of hydrogen-bond acceptors (Lipinski definition) is 4. The molecule has 0 aromatic heterocycles. The van der Waals surface area contributed by atoms with Gasteiger partial charge >= 0.3 is 6.18 Å². The Kier molecular flexibility index (Phi) is 4.96. The molecule has 0 aliphatic carbocycles. The lowest BCUT2D eigenvalue weighted by Crippen LogP contribution is -2.33. The Bertz CT molecular complexity index is 537. The van der Waals surface area contributed by atoms with Gasteiger partial charge in [0.1, 0.15) is 13.2 Å². The summed E-state index contributed by atoms with van der Waals surface area (Å²) in [6, 6.07) is 5.82. The maximum atomic E-state index is 12.4. The Morgan fingerprint density at radius 2 is 1.96 bits per heavy atom. The number of fused-ring (bicyclic) bond motifs is 1. The van der Waals surface area contributed by atoms with Crippen molar-refractivity contribution < 1.29 is 22.6 Å². The van der Waals surface area contributed by atoms with Gasteiger partial charge in [0, 0.05) is 13.1 Å².